The second kappa shape index (κ2) is 14.8. The van der Waals surface area contributed by atoms with Crippen LogP contribution >= 0.6 is 11.6 Å². The summed E-state index contributed by atoms with van der Waals surface area (Å²) in [4.78, 5) is 23.9. The van der Waals surface area contributed by atoms with Crippen molar-refractivity contribution >= 4 is 44.3 Å². The molecule has 53 heavy (non-hydrogen) atoms. The van der Waals surface area contributed by atoms with Gasteiger partial charge in [0.15, 0.2) is 6.04 Å². The number of alkyl halides is 5. The molecule has 7 rings (SSSR count). The van der Waals surface area contributed by atoms with Crippen molar-refractivity contribution in [1.29, 1.82) is 0 Å². The van der Waals surface area contributed by atoms with Gasteiger partial charge in [-0.2, -0.15) is 26.7 Å². The van der Waals surface area contributed by atoms with E-state index in [1.54, 1.807) is 42.5 Å². The number of fused-ring (bicyclic) bond motifs is 1. The highest BCUT2D eigenvalue weighted by Crippen LogP contribution is 2.40. The Hall–Kier alpha value is -4.31. The largest absolute Gasteiger partial charge is 0.490 e. The second-order valence-corrected chi connectivity index (χ2v) is 15.5. The lowest BCUT2D eigenvalue weighted by Crippen LogP contribution is -2.79. The average Bonchev–Trinajstić information content (AvgIpc) is 3.59. The number of sulfonamides is 1. The van der Waals surface area contributed by atoms with Crippen molar-refractivity contribution < 1.29 is 49.8 Å². The Labute approximate surface area is 307 Å². The second-order valence-electron chi connectivity index (χ2n) is 13.3. The monoisotopic (exact) mass is 779 g/mol. The Morgan fingerprint density at radius 2 is 1.45 bits per heavy atom. The summed E-state index contributed by atoms with van der Waals surface area (Å²) in [5.74, 6) is -6.86. The van der Waals surface area contributed by atoms with Crippen molar-refractivity contribution in [3.05, 3.63) is 95.5 Å². The molecule has 9 nitrogen and oxygen atoms in total. The van der Waals surface area contributed by atoms with Crippen LogP contribution in [-0.2, 0) is 25.5 Å². The number of nitrogens with zero attached hydrogens (tertiary/aromatic N) is 1. The van der Waals surface area contributed by atoms with Crippen LogP contribution in [0.1, 0.15) is 37.7 Å². The van der Waals surface area contributed by atoms with Crippen molar-refractivity contribution in [1.82, 2.24) is 14.9 Å². The minimum atomic E-state index is -5.08. The third-order valence-electron chi connectivity index (χ3n) is 9.82. The first-order valence-corrected chi connectivity index (χ1v) is 18.6. The number of carboxylic acid groups (broad SMARTS) is 1. The highest BCUT2D eigenvalue weighted by Gasteiger charge is 2.57. The molecule has 3 fully saturated rings. The van der Waals surface area contributed by atoms with Crippen LogP contribution in [0.4, 0.5) is 22.0 Å². The van der Waals surface area contributed by atoms with Crippen molar-refractivity contribution in [2.24, 2.45) is 0 Å². The van der Waals surface area contributed by atoms with E-state index in [0.29, 0.717) is 41.2 Å². The van der Waals surface area contributed by atoms with Gasteiger partial charge in [0.25, 0.3) is 5.92 Å². The number of carboxylic acids is 1. The first-order valence-electron chi connectivity index (χ1n) is 16.8. The topological polar surface area (TPSA) is 125 Å². The molecule has 1 saturated carbocycles. The molecule has 0 radical (unpaired) electrons. The van der Waals surface area contributed by atoms with Gasteiger partial charge in [0.05, 0.1) is 16.5 Å². The number of aliphatic carboxylic acids is 1. The summed E-state index contributed by atoms with van der Waals surface area (Å²) in [5, 5.41) is 12.1. The molecule has 3 N–H and O–H groups in total. The first kappa shape index (κ1) is 38.4. The summed E-state index contributed by atoms with van der Waals surface area (Å²) in [6.45, 7) is 1.25. The molecule has 1 spiro atoms. The van der Waals surface area contributed by atoms with Crippen LogP contribution in [-0.4, -0.2) is 73.8 Å². The number of carbonyl (C=O) groups excluding carboxylic acids is 1. The summed E-state index contributed by atoms with van der Waals surface area (Å²) in [6, 6.07) is 19.9. The van der Waals surface area contributed by atoms with Gasteiger partial charge in [-0.05, 0) is 90.4 Å². The number of rotatable bonds is 9. The normalized spacial score (nSPS) is 17.7. The maximum Gasteiger partial charge on any atom is 0.490 e. The van der Waals surface area contributed by atoms with Gasteiger partial charge in [0, 0.05) is 30.2 Å². The molecular weight excluding hydrogens is 745 g/mol. The van der Waals surface area contributed by atoms with Gasteiger partial charge in [0.1, 0.15) is 5.75 Å². The fraction of sp³-hybridized carbons (Fsp3) is 0.351. The molecule has 2 aliphatic heterocycles. The number of likely N-dealkylation sites (tertiary alicyclic amines) is 1. The molecule has 1 aliphatic carbocycles. The number of nitrogens with one attached hydrogen (secondary N) is 2. The maximum absolute atomic E-state index is 16.4. The summed E-state index contributed by atoms with van der Waals surface area (Å²) in [5.41, 5.74) is 0.424. The van der Waals surface area contributed by atoms with Crippen molar-refractivity contribution in [2.45, 2.75) is 66.8 Å². The van der Waals surface area contributed by atoms with E-state index in [-0.39, 0.29) is 17.5 Å². The van der Waals surface area contributed by atoms with Gasteiger partial charge in [-0.25, -0.2) is 13.2 Å². The van der Waals surface area contributed by atoms with Gasteiger partial charge in [-0.15, -0.1) is 0 Å². The third kappa shape index (κ3) is 8.27. The molecule has 0 unspecified atom stereocenters. The third-order valence-corrected chi connectivity index (χ3v) is 11.5. The van der Waals surface area contributed by atoms with E-state index in [1.807, 2.05) is 6.07 Å². The van der Waals surface area contributed by atoms with Crippen LogP contribution in [0, 0.1) is 0 Å². The Morgan fingerprint density at radius 1 is 0.887 bits per heavy atom. The predicted octanol–water partition coefficient (Wildman–Crippen LogP) is 7.13. The molecule has 2 saturated heterocycles. The van der Waals surface area contributed by atoms with E-state index in [4.69, 9.17) is 26.2 Å². The molecule has 1 atom stereocenters. The molecule has 4 aromatic rings. The van der Waals surface area contributed by atoms with Crippen LogP contribution in [0.15, 0.2) is 89.8 Å². The zero-order chi connectivity index (χ0) is 38.2. The smallest absolute Gasteiger partial charge is 0.490 e. The fourth-order valence-corrected chi connectivity index (χ4v) is 8.01. The molecule has 16 heteroatoms. The number of hydrogen-bond acceptors (Lipinski definition) is 6. The van der Waals surface area contributed by atoms with Crippen LogP contribution in [0.5, 0.6) is 5.75 Å². The van der Waals surface area contributed by atoms with Crippen molar-refractivity contribution in [3.8, 4) is 16.9 Å². The Kier molecular flexibility index (Phi) is 10.8. The van der Waals surface area contributed by atoms with Crippen LogP contribution in [0.2, 0.25) is 5.02 Å². The summed E-state index contributed by atoms with van der Waals surface area (Å²) in [6.07, 6.45) is 0.0508. The lowest BCUT2D eigenvalue weighted by molar-refractivity contribution is -0.192. The number of benzene rings is 4. The van der Waals surface area contributed by atoms with E-state index in [9.17, 15) is 26.4 Å². The molecule has 3 aliphatic rings. The summed E-state index contributed by atoms with van der Waals surface area (Å²) >= 11 is 5.99. The SMILES string of the molecule is O=C(O)C(F)(F)F.O=C([C@@H](NS(=O)(=O)c1ccc2cc(OC3CCCC3)ccc2c1)C(F)(F)c1ccc(-c2ccc(Cl)cc2)cc1)N1CCC12CNC2. The zero-order valence-corrected chi connectivity index (χ0v) is 29.6. The predicted molar refractivity (Wildman–Crippen MR) is 187 cm³/mol. The van der Waals surface area contributed by atoms with Crippen molar-refractivity contribution in [3.63, 3.8) is 0 Å². The molecule has 4 aromatic carbocycles. The average molecular weight is 780 g/mol. The van der Waals surface area contributed by atoms with E-state index in [2.05, 4.69) is 10.0 Å². The molecule has 282 valence electrons. The first-order chi connectivity index (χ1) is 25.0. The highest BCUT2D eigenvalue weighted by molar-refractivity contribution is 7.89. The Morgan fingerprint density at radius 3 is 1.98 bits per heavy atom. The van der Waals surface area contributed by atoms with Gasteiger partial charge < -0.3 is 20.1 Å². The van der Waals surface area contributed by atoms with E-state index < -0.39 is 51.1 Å². The molecule has 2 heterocycles. The van der Waals surface area contributed by atoms with E-state index >= 15 is 8.78 Å². The Balaban J connectivity index is 0.000000626. The Bertz CT molecular complexity index is 2080. The van der Waals surface area contributed by atoms with Crippen molar-refractivity contribution in [2.75, 3.05) is 19.6 Å². The molecular formula is C37H35ClF5N3O6S. The zero-order valence-electron chi connectivity index (χ0n) is 28.0. The molecule has 0 aromatic heterocycles. The van der Waals surface area contributed by atoms with Crippen LogP contribution in [0.3, 0.4) is 0 Å². The number of hydrogen-bond donors (Lipinski definition) is 3. The van der Waals surface area contributed by atoms with E-state index in [0.717, 1.165) is 36.6 Å². The minimum Gasteiger partial charge on any atom is -0.490 e. The standard InChI is InChI=1S/C35H34ClF2N3O4S.C2HF3O2/c36-28-13-7-24(8-14-28)23-5-11-27(12-6-23)35(37,38)32(33(42)41-18-17-34(41)21-39-22-34)40-46(43,44)31-16-10-25-19-30(15-9-26(25)20-31)45-29-3-1-2-4-29;3-2(4,5)1(6)7/h5-16,19-20,29,32,39-40H,1-4,17-18,21-22H2;(H,6,7)/t32-;/m1./s1. The summed E-state index contributed by atoms with van der Waals surface area (Å²) in [7, 11) is -4.55. The van der Waals surface area contributed by atoms with E-state index in [1.165, 1.54) is 41.3 Å². The van der Waals surface area contributed by atoms with Crippen LogP contribution < -0.4 is 14.8 Å². The number of carbonyl (C=O) groups is 2. The lowest BCUT2D eigenvalue weighted by Gasteiger charge is -2.59. The van der Waals surface area contributed by atoms with Gasteiger partial charge in [0.2, 0.25) is 15.9 Å². The van der Waals surface area contributed by atoms with Gasteiger partial charge >= 0.3 is 12.1 Å². The lowest BCUT2D eigenvalue weighted by atomic mass is 9.78. The summed E-state index contributed by atoms with van der Waals surface area (Å²) < 4.78 is 100. The maximum atomic E-state index is 16.4. The highest BCUT2D eigenvalue weighted by atomic mass is 35.5. The number of halogens is 6. The van der Waals surface area contributed by atoms with Gasteiger partial charge in [-0.1, -0.05) is 60.1 Å². The van der Waals surface area contributed by atoms with Crippen LogP contribution in [0.25, 0.3) is 21.9 Å². The molecule has 1 amide bonds. The minimum absolute atomic E-state index is 0.173. The molecule has 0 bridgehead atoms. The number of ether oxygens (including phenoxy) is 1. The quantitative estimate of drug-likeness (QED) is 0.155. The van der Waals surface area contributed by atoms with Gasteiger partial charge in [-0.3, -0.25) is 4.79 Å². The number of amides is 1. The fourth-order valence-electron chi connectivity index (χ4n) is 6.66.